The van der Waals surface area contributed by atoms with Crippen LogP contribution in [0.25, 0.3) is 0 Å². The van der Waals surface area contributed by atoms with E-state index in [1.165, 1.54) is 0 Å². The highest BCUT2D eigenvalue weighted by atomic mass is 16.5. The lowest BCUT2D eigenvalue weighted by Crippen LogP contribution is -2.54. The predicted molar refractivity (Wildman–Crippen MR) is 84.3 cm³/mol. The number of nitrogens with one attached hydrogen (secondary N) is 1. The highest BCUT2D eigenvalue weighted by Gasteiger charge is 2.47. The normalized spacial score (nSPS) is 31.8. The van der Waals surface area contributed by atoms with Gasteiger partial charge in [-0.05, 0) is 47.1 Å². The van der Waals surface area contributed by atoms with Crippen molar-refractivity contribution in [2.75, 3.05) is 39.8 Å². The Morgan fingerprint density at radius 1 is 1.33 bits per heavy atom. The minimum absolute atomic E-state index is 0.0733. The minimum Gasteiger partial charge on any atom is -0.465 e. The van der Waals surface area contributed by atoms with Crippen LogP contribution in [0.15, 0.2) is 0 Å². The summed E-state index contributed by atoms with van der Waals surface area (Å²) >= 11 is 0. The Morgan fingerprint density at radius 3 is 2.52 bits per heavy atom. The Balaban J connectivity index is 1.91. The fourth-order valence-electron chi connectivity index (χ4n) is 3.73. The van der Waals surface area contributed by atoms with E-state index in [0.717, 1.165) is 45.4 Å². The van der Waals surface area contributed by atoms with Gasteiger partial charge in [-0.2, -0.15) is 0 Å². The number of nitrogens with zero attached hydrogens (tertiary/aromatic N) is 2. The monoisotopic (exact) mass is 297 g/mol. The van der Waals surface area contributed by atoms with Gasteiger partial charge in [-0.3, -0.25) is 14.6 Å². The maximum atomic E-state index is 12.3. The minimum atomic E-state index is -0.462. The van der Waals surface area contributed by atoms with E-state index in [4.69, 9.17) is 4.74 Å². The van der Waals surface area contributed by atoms with E-state index >= 15 is 0 Å². The first kappa shape index (κ1) is 16.7. The first-order valence-electron chi connectivity index (χ1n) is 8.36. The quantitative estimate of drug-likeness (QED) is 0.770. The number of hydrogen-bond donors (Lipinski definition) is 1. The summed E-state index contributed by atoms with van der Waals surface area (Å²) in [4.78, 5) is 17.4. The molecule has 5 nitrogen and oxygen atoms in total. The van der Waals surface area contributed by atoms with Crippen LogP contribution in [-0.4, -0.2) is 73.2 Å². The first-order valence-corrected chi connectivity index (χ1v) is 8.36. The fraction of sp³-hybridized carbons (Fsp3) is 0.938. The summed E-state index contributed by atoms with van der Waals surface area (Å²) in [6.07, 6.45) is 2.85. The van der Waals surface area contributed by atoms with E-state index < -0.39 is 5.54 Å². The number of rotatable bonds is 5. The van der Waals surface area contributed by atoms with E-state index in [1.54, 1.807) is 0 Å². The van der Waals surface area contributed by atoms with Gasteiger partial charge >= 0.3 is 5.97 Å². The largest absolute Gasteiger partial charge is 0.465 e. The van der Waals surface area contributed by atoms with Crippen molar-refractivity contribution in [2.24, 2.45) is 0 Å². The maximum absolute atomic E-state index is 12.3. The number of piperazine rings is 1. The van der Waals surface area contributed by atoms with Crippen LogP contribution in [0.2, 0.25) is 0 Å². The van der Waals surface area contributed by atoms with Crippen LogP contribution in [0.4, 0.5) is 0 Å². The third-order valence-electron chi connectivity index (χ3n) is 5.23. The molecule has 0 aromatic carbocycles. The van der Waals surface area contributed by atoms with Crippen LogP contribution < -0.4 is 5.32 Å². The molecule has 0 radical (unpaired) electrons. The third-order valence-corrected chi connectivity index (χ3v) is 5.23. The summed E-state index contributed by atoms with van der Waals surface area (Å²) < 4.78 is 5.28. The maximum Gasteiger partial charge on any atom is 0.326 e. The van der Waals surface area contributed by atoms with Crippen LogP contribution >= 0.6 is 0 Å². The van der Waals surface area contributed by atoms with Crippen molar-refractivity contribution >= 4 is 5.97 Å². The molecule has 2 atom stereocenters. The summed E-state index contributed by atoms with van der Waals surface area (Å²) in [6.45, 7) is 11.4. The Kier molecular flexibility index (Phi) is 5.63. The average molecular weight is 297 g/mol. The molecule has 1 aliphatic carbocycles. The van der Waals surface area contributed by atoms with E-state index in [2.05, 4.69) is 29.0 Å². The van der Waals surface area contributed by atoms with Gasteiger partial charge in [0.2, 0.25) is 0 Å². The first-order chi connectivity index (χ1) is 10.0. The van der Waals surface area contributed by atoms with Crippen molar-refractivity contribution < 1.29 is 9.53 Å². The lowest BCUT2D eigenvalue weighted by molar-refractivity contribution is -0.151. The standard InChI is InChI=1S/C16H31N3O2/c1-5-21-15(20)16(17-4)7-6-14(12-16)19-10-8-18(9-11-19)13(2)3/h13-14,17H,5-12H2,1-4H3. The molecular formula is C16H31N3O2. The van der Waals surface area contributed by atoms with Gasteiger partial charge in [-0.1, -0.05) is 0 Å². The summed E-state index contributed by atoms with van der Waals surface area (Å²) in [5, 5.41) is 3.25. The fourth-order valence-corrected chi connectivity index (χ4v) is 3.73. The summed E-state index contributed by atoms with van der Waals surface area (Å²) in [5.74, 6) is -0.0733. The van der Waals surface area contributed by atoms with Gasteiger partial charge in [-0.15, -0.1) is 0 Å². The number of likely N-dealkylation sites (N-methyl/N-ethyl adjacent to an activating group) is 1. The summed E-state index contributed by atoms with van der Waals surface area (Å²) in [7, 11) is 1.88. The van der Waals surface area contributed by atoms with Gasteiger partial charge < -0.3 is 10.1 Å². The molecule has 1 saturated carbocycles. The second-order valence-corrected chi connectivity index (χ2v) is 6.61. The van der Waals surface area contributed by atoms with Gasteiger partial charge in [0.05, 0.1) is 6.61 Å². The molecule has 0 amide bonds. The van der Waals surface area contributed by atoms with Crippen LogP contribution in [0.5, 0.6) is 0 Å². The second kappa shape index (κ2) is 7.07. The third kappa shape index (κ3) is 3.58. The summed E-state index contributed by atoms with van der Waals surface area (Å²) in [6, 6.07) is 1.14. The highest BCUT2D eigenvalue weighted by Crippen LogP contribution is 2.34. The van der Waals surface area contributed by atoms with Crippen LogP contribution in [0.1, 0.15) is 40.0 Å². The molecule has 2 rings (SSSR count). The number of ether oxygens (including phenoxy) is 1. The molecule has 122 valence electrons. The Bertz CT molecular complexity index is 353. The van der Waals surface area contributed by atoms with E-state index in [0.29, 0.717) is 18.7 Å². The van der Waals surface area contributed by atoms with Crippen molar-refractivity contribution in [3.05, 3.63) is 0 Å². The molecule has 1 N–H and O–H groups in total. The van der Waals surface area contributed by atoms with Crippen molar-refractivity contribution in [3.63, 3.8) is 0 Å². The predicted octanol–water partition coefficient (Wildman–Crippen LogP) is 1.09. The van der Waals surface area contributed by atoms with Gasteiger partial charge in [0.25, 0.3) is 0 Å². The van der Waals surface area contributed by atoms with E-state index in [-0.39, 0.29) is 5.97 Å². The number of carbonyl (C=O) groups excluding carboxylic acids is 1. The molecule has 0 bridgehead atoms. The topological polar surface area (TPSA) is 44.8 Å². The number of carbonyl (C=O) groups is 1. The van der Waals surface area contributed by atoms with Crippen molar-refractivity contribution in [3.8, 4) is 0 Å². The molecule has 21 heavy (non-hydrogen) atoms. The molecule has 2 unspecified atom stereocenters. The molecule has 1 heterocycles. The van der Waals surface area contributed by atoms with E-state index in [1.807, 2.05) is 14.0 Å². The molecule has 0 spiro atoms. The lowest BCUT2D eigenvalue weighted by atomic mass is 9.97. The zero-order chi connectivity index (χ0) is 15.5. The lowest BCUT2D eigenvalue weighted by Gasteiger charge is -2.40. The Hall–Kier alpha value is -0.650. The van der Waals surface area contributed by atoms with Gasteiger partial charge in [-0.25, -0.2) is 0 Å². The number of esters is 1. The van der Waals surface area contributed by atoms with Gasteiger partial charge in [0.1, 0.15) is 5.54 Å². The second-order valence-electron chi connectivity index (χ2n) is 6.61. The molecular weight excluding hydrogens is 266 g/mol. The zero-order valence-corrected chi connectivity index (χ0v) is 14.0. The highest BCUT2D eigenvalue weighted by molar-refractivity contribution is 5.81. The molecule has 2 fully saturated rings. The molecule has 2 aliphatic rings. The molecule has 5 heteroatoms. The Labute approximate surface area is 129 Å². The van der Waals surface area contributed by atoms with Crippen molar-refractivity contribution in [1.82, 2.24) is 15.1 Å². The molecule has 1 saturated heterocycles. The smallest absolute Gasteiger partial charge is 0.326 e. The molecule has 1 aliphatic heterocycles. The van der Waals surface area contributed by atoms with Crippen LogP contribution in [0, 0.1) is 0 Å². The van der Waals surface area contributed by atoms with Crippen molar-refractivity contribution in [1.29, 1.82) is 0 Å². The summed E-state index contributed by atoms with van der Waals surface area (Å²) in [5.41, 5.74) is -0.462. The van der Waals surface area contributed by atoms with Crippen molar-refractivity contribution in [2.45, 2.75) is 57.7 Å². The molecule has 0 aromatic rings. The average Bonchev–Trinajstić information content (AvgIpc) is 2.93. The van der Waals surface area contributed by atoms with Gasteiger partial charge in [0, 0.05) is 38.3 Å². The van der Waals surface area contributed by atoms with Gasteiger partial charge in [0.15, 0.2) is 0 Å². The Morgan fingerprint density at radius 2 is 2.00 bits per heavy atom. The van der Waals surface area contributed by atoms with Crippen LogP contribution in [-0.2, 0) is 9.53 Å². The zero-order valence-electron chi connectivity index (χ0n) is 14.0. The molecule has 0 aromatic heterocycles. The van der Waals surface area contributed by atoms with Crippen LogP contribution in [0.3, 0.4) is 0 Å². The van der Waals surface area contributed by atoms with E-state index in [9.17, 15) is 4.79 Å². The number of hydrogen-bond acceptors (Lipinski definition) is 5. The SMILES string of the molecule is CCOC(=O)C1(NC)CCC(N2CCN(C(C)C)CC2)C1.